The Hall–Kier alpha value is -1.10. The molecule has 112 valence electrons. The Balaban J connectivity index is 3.45. The Bertz CT molecular complexity index is 257. The van der Waals surface area contributed by atoms with Crippen molar-refractivity contribution in [3.05, 3.63) is 0 Å². The van der Waals surface area contributed by atoms with Gasteiger partial charge in [-0.1, -0.05) is 51.9 Å². The van der Waals surface area contributed by atoms with E-state index in [0.717, 1.165) is 12.8 Å². The van der Waals surface area contributed by atoms with Gasteiger partial charge in [-0.25, -0.2) is 0 Å². The normalized spacial score (nSPS) is 12.3. The third kappa shape index (κ3) is 11.7. The number of nitrogens with one attached hydrogen (secondary N) is 1. The number of nitrogens with two attached hydrogens (primary N) is 1. The summed E-state index contributed by atoms with van der Waals surface area (Å²) in [7, 11) is 0. The van der Waals surface area contributed by atoms with Crippen LogP contribution < -0.4 is 11.1 Å². The summed E-state index contributed by atoms with van der Waals surface area (Å²) in [4.78, 5) is 21.5. The predicted molar refractivity (Wildman–Crippen MR) is 75.8 cm³/mol. The zero-order valence-corrected chi connectivity index (χ0v) is 12.0. The molecular formula is C14H28N2O3. The molecule has 0 aromatic rings. The van der Waals surface area contributed by atoms with Gasteiger partial charge in [-0.05, 0) is 13.0 Å². The Labute approximate surface area is 115 Å². The van der Waals surface area contributed by atoms with Crippen LogP contribution in [0.1, 0.15) is 64.7 Å². The second-order valence-electron chi connectivity index (χ2n) is 4.98. The smallest absolute Gasteiger partial charge is 0.305 e. The molecule has 0 spiro atoms. The van der Waals surface area contributed by atoms with Crippen molar-refractivity contribution >= 4 is 11.9 Å². The van der Waals surface area contributed by atoms with E-state index in [2.05, 4.69) is 12.2 Å². The zero-order valence-electron chi connectivity index (χ0n) is 12.0. The average molecular weight is 272 g/mol. The van der Waals surface area contributed by atoms with Crippen molar-refractivity contribution in [3.8, 4) is 0 Å². The van der Waals surface area contributed by atoms with Crippen molar-refractivity contribution in [1.82, 2.24) is 5.32 Å². The number of carbonyl (C=O) groups excluding carboxylic acids is 1. The molecule has 0 aliphatic rings. The fourth-order valence-corrected chi connectivity index (χ4v) is 1.98. The molecule has 1 atom stereocenters. The lowest BCUT2D eigenvalue weighted by Crippen LogP contribution is -2.43. The predicted octanol–water partition coefficient (Wildman–Crippen LogP) is 2.05. The average Bonchev–Trinajstić information content (AvgIpc) is 2.34. The minimum Gasteiger partial charge on any atom is -0.481 e. The molecular weight excluding hydrogens is 244 g/mol. The van der Waals surface area contributed by atoms with Crippen LogP contribution in [-0.2, 0) is 9.59 Å². The standard InChI is InChI=1S/C14H28N2O3/c1-2-3-4-5-6-7-8-9-10-16-12(14(15)19)11-13(17)18/h12,16H,2-11H2,1H3,(H2,15,19)(H,17,18)/t12-/m0/s1. The summed E-state index contributed by atoms with van der Waals surface area (Å²) in [6.07, 6.45) is 9.47. The summed E-state index contributed by atoms with van der Waals surface area (Å²) < 4.78 is 0. The number of rotatable bonds is 13. The van der Waals surface area contributed by atoms with Gasteiger partial charge in [-0.2, -0.15) is 0 Å². The topological polar surface area (TPSA) is 92.4 Å². The zero-order chi connectivity index (χ0) is 14.5. The number of amides is 1. The van der Waals surface area contributed by atoms with Crippen molar-refractivity contribution in [1.29, 1.82) is 0 Å². The monoisotopic (exact) mass is 272 g/mol. The van der Waals surface area contributed by atoms with Crippen molar-refractivity contribution in [2.45, 2.75) is 70.8 Å². The number of hydrogen-bond donors (Lipinski definition) is 3. The maximum Gasteiger partial charge on any atom is 0.305 e. The van der Waals surface area contributed by atoms with E-state index in [1.165, 1.54) is 38.5 Å². The van der Waals surface area contributed by atoms with Crippen LogP contribution in [0.2, 0.25) is 0 Å². The Morgan fingerprint density at radius 1 is 1.05 bits per heavy atom. The first kappa shape index (κ1) is 17.9. The van der Waals surface area contributed by atoms with Crippen LogP contribution in [0.15, 0.2) is 0 Å². The number of carboxylic acids is 1. The lowest BCUT2D eigenvalue weighted by molar-refractivity contribution is -0.139. The molecule has 19 heavy (non-hydrogen) atoms. The largest absolute Gasteiger partial charge is 0.481 e. The first-order chi connectivity index (χ1) is 9.07. The molecule has 0 aromatic carbocycles. The van der Waals surface area contributed by atoms with Crippen molar-refractivity contribution in [3.63, 3.8) is 0 Å². The number of aliphatic carboxylic acids is 1. The SMILES string of the molecule is CCCCCCCCCCN[C@@H](CC(=O)O)C(N)=O. The van der Waals surface area contributed by atoms with Gasteiger partial charge in [-0.3, -0.25) is 9.59 Å². The highest BCUT2D eigenvalue weighted by Crippen LogP contribution is 2.08. The molecule has 0 rings (SSSR count). The maximum atomic E-state index is 11.0. The van der Waals surface area contributed by atoms with Gasteiger partial charge in [0.25, 0.3) is 0 Å². The van der Waals surface area contributed by atoms with E-state index in [1.807, 2.05) is 0 Å². The van der Waals surface area contributed by atoms with E-state index in [-0.39, 0.29) is 6.42 Å². The quantitative estimate of drug-likeness (QED) is 0.447. The molecule has 0 aromatic heterocycles. The fraction of sp³-hybridized carbons (Fsp3) is 0.857. The van der Waals surface area contributed by atoms with E-state index in [4.69, 9.17) is 10.8 Å². The molecule has 0 saturated heterocycles. The van der Waals surface area contributed by atoms with Crippen LogP contribution in [0.4, 0.5) is 0 Å². The highest BCUT2D eigenvalue weighted by atomic mass is 16.4. The van der Waals surface area contributed by atoms with Gasteiger partial charge in [0.2, 0.25) is 5.91 Å². The molecule has 0 saturated carbocycles. The van der Waals surface area contributed by atoms with Crippen LogP contribution in [0, 0.1) is 0 Å². The van der Waals surface area contributed by atoms with Gasteiger partial charge in [-0.15, -0.1) is 0 Å². The fourth-order valence-electron chi connectivity index (χ4n) is 1.98. The number of carboxylic acid groups (broad SMARTS) is 1. The van der Waals surface area contributed by atoms with Gasteiger partial charge >= 0.3 is 5.97 Å². The van der Waals surface area contributed by atoms with Gasteiger partial charge in [0, 0.05) is 0 Å². The minimum atomic E-state index is -1.01. The molecule has 5 heteroatoms. The van der Waals surface area contributed by atoms with Gasteiger partial charge in [0.05, 0.1) is 12.5 Å². The Morgan fingerprint density at radius 3 is 2.05 bits per heavy atom. The van der Waals surface area contributed by atoms with Crippen LogP contribution in [0.5, 0.6) is 0 Å². The molecule has 0 unspecified atom stereocenters. The van der Waals surface area contributed by atoms with E-state index in [0.29, 0.717) is 6.54 Å². The third-order valence-electron chi connectivity index (χ3n) is 3.14. The summed E-state index contributed by atoms with van der Waals surface area (Å²) in [5.41, 5.74) is 5.13. The van der Waals surface area contributed by atoms with E-state index < -0.39 is 17.9 Å². The minimum absolute atomic E-state index is 0.244. The molecule has 5 nitrogen and oxygen atoms in total. The van der Waals surface area contributed by atoms with Crippen molar-refractivity contribution in [2.24, 2.45) is 5.73 Å². The molecule has 1 amide bonds. The van der Waals surface area contributed by atoms with E-state index in [1.54, 1.807) is 0 Å². The summed E-state index contributed by atoms with van der Waals surface area (Å²) in [5.74, 6) is -1.60. The van der Waals surface area contributed by atoms with Gasteiger partial charge < -0.3 is 16.2 Å². The molecule has 0 heterocycles. The van der Waals surface area contributed by atoms with Crippen LogP contribution in [-0.4, -0.2) is 29.6 Å². The van der Waals surface area contributed by atoms with Crippen LogP contribution >= 0.6 is 0 Å². The first-order valence-corrected chi connectivity index (χ1v) is 7.32. The van der Waals surface area contributed by atoms with Gasteiger partial charge in [0.15, 0.2) is 0 Å². The van der Waals surface area contributed by atoms with Crippen LogP contribution in [0.25, 0.3) is 0 Å². The lowest BCUT2D eigenvalue weighted by atomic mass is 10.1. The number of hydrogen-bond acceptors (Lipinski definition) is 3. The number of unbranched alkanes of at least 4 members (excludes halogenated alkanes) is 7. The summed E-state index contributed by atoms with van der Waals surface area (Å²) in [5, 5.41) is 11.5. The molecule has 0 fully saturated rings. The highest BCUT2D eigenvalue weighted by Gasteiger charge is 2.17. The Morgan fingerprint density at radius 2 is 1.58 bits per heavy atom. The summed E-state index contributed by atoms with van der Waals surface area (Å²) in [6, 6.07) is -0.748. The third-order valence-corrected chi connectivity index (χ3v) is 3.14. The molecule has 0 bridgehead atoms. The highest BCUT2D eigenvalue weighted by molar-refractivity contribution is 5.84. The number of primary amides is 1. The second-order valence-corrected chi connectivity index (χ2v) is 4.98. The molecule has 4 N–H and O–H groups in total. The van der Waals surface area contributed by atoms with Crippen LogP contribution in [0.3, 0.4) is 0 Å². The van der Waals surface area contributed by atoms with Crippen molar-refractivity contribution < 1.29 is 14.7 Å². The molecule has 0 aliphatic carbocycles. The van der Waals surface area contributed by atoms with E-state index in [9.17, 15) is 9.59 Å². The van der Waals surface area contributed by atoms with E-state index >= 15 is 0 Å². The molecule has 0 aliphatic heterocycles. The van der Waals surface area contributed by atoms with Gasteiger partial charge in [0.1, 0.15) is 0 Å². The Kier molecular flexibility index (Phi) is 11.3. The summed E-state index contributed by atoms with van der Waals surface area (Å²) >= 11 is 0. The maximum absolute atomic E-state index is 11.0. The second kappa shape index (κ2) is 12.0. The lowest BCUT2D eigenvalue weighted by Gasteiger charge is -2.12. The molecule has 0 radical (unpaired) electrons. The van der Waals surface area contributed by atoms with Crippen molar-refractivity contribution in [2.75, 3.05) is 6.54 Å². The number of carbonyl (C=O) groups is 2. The first-order valence-electron chi connectivity index (χ1n) is 7.32. The summed E-state index contributed by atoms with van der Waals surface area (Å²) in [6.45, 7) is 2.85.